The van der Waals surface area contributed by atoms with Gasteiger partial charge in [-0.3, -0.25) is 0 Å². The van der Waals surface area contributed by atoms with Crippen LogP contribution in [-0.4, -0.2) is 0 Å². The van der Waals surface area contributed by atoms with Crippen LogP contribution in [0.1, 0.15) is 38.2 Å². The zero-order chi connectivity index (χ0) is 13.1. The molecule has 0 nitrogen and oxygen atoms in total. The number of aryl methyl sites for hydroxylation is 1. The van der Waals surface area contributed by atoms with E-state index in [1.54, 1.807) is 0 Å². The first kappa shape index (κ1) is 13.3. The van der Waals surface area contributed by atoms with Gasteiger partial charge in [0.15, 0.2) is 0 Å². The van der Waals surface area contributed by atoms with Crippen LogP contribution in [0.25, 0.3) is 19.2 Å². The zero-order valence-electron chi connectivity index (χ0n) is 11.1. The molecule has 0 saturated carbocycles. The van der Waals surface area contributed by atoms with E-state index < -0.39 is 0 Å². The van der Waals surface area contributed by atoms with Gasteiger partial charge in [-0.2, -0.15) is 0 Å². The quantitative estimate of drug-likeness (QED) is 0.439. The van der Waals surface area contributed by atoms with Crippen molar-refractivity contribution in [1.82, 2.24) is 0 Å². The van der Waals surface area contributed by atoms with E-state index in [2.05, 4.69) is 35.9 Å². The molecule has 0 unspecified atom stereocenters. The lowest BCUT2D eigenvalue weighted by Gasteiger charge is -1.96. The fraction of sp³-hybridized carbons (Fsp3) is 0.375. The zero-order valence-corrected chi connectivity index (χ0v) is 13.6. The third-order valence-corrected chi connectivity index (χ3v) is 6.62. The van der Waals surface area contributed by atoms with Crippen LogP contribution in [0.15, 0.2) is 29.0 Å². The van der Waals surface area contributed by atoms with Crippen molar-refractivity contribution in [3.63, 3.8) is 0 Å². The van der Waals surface area contributed by atoms with Crippen LogP contribution in [0, 0.1) is 0 Å². The highest BCUT2D eigenvalue weighted by Crippen LogP contribution is 2.39. The number of hydrogen-bond donors (Lipinski definition) is 0. The molecule has 3 heteroatoms. The summed E-state index contributed by atoms with van der Waals surface area (Å²) in [4.78, 5) is 2.88. The van der Waals surface area contributed by atoms with Crippen molar-refractivity contribution in [2.45, 2.75) is 39.0 Å². The summed E-state index contributed by atoms with van der Waals surface area (Å²) in [5.74, 6) is 0. The maximum absolute atomic E-state index is 2.39. The highest BCUT2D eigenvalue weighted by Gasteiger charge is 2.07. The van der Waals surface area contributed by atoms with Gasteiger partial charge in [0.05, 0.1) is 0 Å². The number of rotatable bonds is 6. The summed E-state index contributed by atoms with van der Waals surface area (Å²) in [6.07, 6.45) is 6.65. The number of thiophene rings is 3. The van der Waals surface area contributed by atoms with Crippen LogP contribution >= 0.6 is 34.0 Å². The molecule has 0 aliphatic rings. The Morgan fingerprint density at radius 2 is 1.89 bits per heavy atom. The second-order valence-electron chi connectivity index (χ2n) is 4.89. The molecule has 0 radical (unpaired) electrons. The van der Waals surface area contributed by atoms with Gasteiger partial charge in [-0.1, -0.05) is 26.2 Å². The average Bonchev–Trinajstić information content (AvgIpc) is 3.08. The average molecular weight is 307 g/mol. The third kappa shape index (κ3) is 3.10. The van der Waals surface area contributed by atoms with Crippen LogP contribution in [0.3, 0.4) is 0 Å². The minimum Gasteiger partial charge on any atom is -0.143 e. The standard InChI is InChI=1S/C16H18S3/c1-2-3-4-5-6-12-9-14(18-11-12)16-10-15-13(19-16)7-8-17-15/h7-11H,2-6H2,1H3. The summed E-state index contributed by atoms with van der Waals surface area (Å²) >= 11 is 5.67. The van der Waals surface area contributed by atoms with Crippen LogP contribution in [0.4, 0.5) is 0 Å². The molecule has 0 amide bonds. The maximum Gasteiger partial charge on any atom is 0.0463 e. The van der Waals surface area contributed by atoms with Crippen molar-refractivity contribution in [3.05, 3.63) is 34.5 Å². The van der Waals surface area contributed by atoms with Crippen molar-refractivity contribution < 1.29 is 0 Å². The molecule has 0 fully saturated rings. The molecule has 0 atom stereocenters. The molecule has 3 heterocycles. The number of hydrogen-bond acceptors (Lipinski definition) is 3. The van der Waals surface area contributed by atoms with E-state index in [1.165, 1.54) is 56.8 Å². The minimum atomic E-state index is 1.25. The molecule has 0 bridgehead atoms. The lowest BCUT2D eigenvalue weighted by atomic mass is 10.1. The first-order valence-corrected chi connectivity index (χ1v) is 9.49. The molecule has 3 rings (SSSR count). The molecule has 0 N–H and O–H groups in total. The molecule has 100 valence electrons. The van der Waals surface area contributed by atoms with Crippen LogP contribution in [-0.2, 0) is 6.42 Å². The Morgan fingerprint density at radius 1 is 0.947 bits per heavy atom. The van der Waals surface area contributed by atoms with E-state index in [-0.39, 0.29) is 0 Å². The lowest BCUT2D eigenvalue weighted by Crippen LogP contribution is -1.81. The van der Waals surface area contributed by atoms with E-state index in [0.29, 0.717) is 0 Å². The molecule has 3 aromatic heterocycles. The first-order chi connectivity index (χ1) is 9.36. The van der Waals surface area contributed by atoms with Gasteiger partial charge in [0.1, 0.15) is 0 Å². The predicted molar refractivity (Wildman–Crippen MR) is 90.9 cm³/mol. The van der Waals surface area contributed by atoms with Gasteiger partial charge >= 0.3 is 0 Å². The van der Waals surface area contributed by atoms with Crippen molar-refractivity contribution in [3.8, 4) is 9.75 Å². The summed E-state index contributed by atoms with van der Waals surface area (Å²) in [6.45, 7) is 2.27. The lowest BCUT2D eigenvalue weighted by molar-refractivity contribution is 0.667. The summed E-state index contributed by atoms with van der Waals surface area (Å²) in [5, 5.41) is 4.52. The van der Waals surface area contributed by atoms with Gasteiger partial charge < -0.3 is 0 Å². The fourth-order valence-corrected chi connectivity index (χ4v) is 5.43. The highest BCUT2D eigenvalue weighted by atomic mass is 32.1. The van der Waals surface area contributed by atoms with E-state index >= 15 is 0 Å². The molecule has 0 aromatic carbocycles. The molecule has 0 aliphatic carbocycles. The van der Waals surface area contributed by atoms with Gasteiger partial charge in [-0.05, 0) is 47.4 Å². The van der Waals surface area contributed by atoms with Crippen molar-refractivity contribution >= 4 is 43.4 Å². The molecule has 0 aliphatic heterocycles. The Hall–Kier alpha value is -0.640. The molecular formula is C16H18S3. The van der Waals surface area contributed by atoms with Gasteiger partial charge in [-0.15, -0.1) is 34.0 Å². The molecule has 0 spiro atoms. The Labute approximate surface area is 126 Å². The second kappa shape index (κ2) is 6.21. The second-order valence-corrected chi connectivity index (χ2v) is 7.83. The molecule has 19 heavy (non-hydrogen) atoms. The fourth-order valence-electron chi connectivity index (χ4n) is 2.28. The molecule has 0 saturated heterocycles. The molecule has 3 aromatic rings. The largest absolute Gasteiger partial charge is 0.143 e. The minimum absolute atomic E-state index is 1.25. The van der Waals surface area contributed by atoms with E-state index in [0.717, 1.165) is 0 Å². The van der Waals surface area contributed by atoms with Gasteiger partial charge in [-0.25, -0.2) is 0 Å². The summed E-state index contributed by atoms with van der Waals surface area (Å²) in [7, 11) is 0. The summed E-state index contributed by atoms with van der Waals surface area (Å²) in [6, 6.07) is 6.97. The third-order valence-electron chi connectivity index (χ3n) is 3.35. The van der Waals surface area contributed by atoms with Crippen LogP contribution in [0.2, 0.25) is 0 Å². The van der Waals surface area contributed by atoms with Crippen molar-refractivity contribution in [2.24, 2.45) is 0 Å². The van der Waals surface area contributed by atoms with Gasteiger partial charge in [0.2, 0.25) is 0 Å². The van der Waals surface area contributed by atoms with Crippen molar-refractivity contribution in [1.29, 1.82) is 0 Å². The predicted octanol–water partition coefficient (Wildman–Crippen LogP) is 6.81. The van der Waals surface area contributed by atoms with Gasteiger partial charge in [0, 0.05) is 19.2 Å². The van der Waals surface area contributed by atoms with E-state index in [9.17, 15) is 0 Å². The smallest absolute Gasteiger partial charge is 0.0463 e. The SMILES string of the molecule is CCCCCCc1csc(-c2cc3sccc3s2)c1. The Kier molecular flexibility index (Phi) is 4.36. The summed E-state index contributed by atoms with van der Waals surface area (Å²) < 4.78 is 2.86. The highest BCUT2D eigenvalue weighted by molar-refractivity contribution is 7.30. The van der Waals surface area contributed by atoms with Gasteiger partial charge in [0.25, 0.3) is 0 Å². The monoisotopic (exact) mass is 306 g/mol. The van der Waals surface area contributed by atoms with Crippen LogP contribution < -0.4 is 0 Å². The maximum atomic E-state index is 2.39. The normalized spacial score (nSPS) is 11.4. The topological polar surface area (TPSA) is 0 Å². The van der Waals surface area contributed by atoms with E-state index in [1.807, 2.05) is 34.0 Å². The van der Waals surface area contributed by atoms with Crippen molar-refractivity contribution in [2.75, 3.05) is 0 Å². The Morgan fingerprint density at radius 3 is 2.74 bits per heavy atom. The van der Waals surface area contributed by atoms with Crippen LogP contribution in [0.5, 0.6) is 0 Å². The Balaban J connectivity index is 1.68. The van der Waals surface area contributed by atoms with E-state index in [4.69, 9.17) is 0 Å². The number of fused-ring (bicyclic) bond motifs is 1. The molecular weight excluding hydrogens is 288 g/mol. The summed E-state index contributed by atoms with van der Waals surface area (Å²) in [5.41, 5.74) is 1.52. The first-order valence-electron chi connectivity index (χ1n) is 6.91. The Bertz CT molecular complexity index is 613. The number of unbranched alkanes of at least 4 members (excludes halogenated alkanes) is 3.